The fraction of sp³-hybridized carbons (Fsp3) is 0.250. The number of nitrogens with zero attached hydrogens (tertiary/aromatic N) is 2. The van der Waals surface area contributed by atoms with E-state index in [1.807, 2.05) is 40.5 Å². The van der Waals surface area contributed by atoms with E-state index in [0.29, 0.717) is 4.88 Å². The fourth-order valence-corrected chi connectivity index (χ4v) is 4.56. The number of thiazole rings is 1. The zero-order valence-electron chi connectivity index (χ0n) is 11.9. The molecule has 0 atom stereocenters. The van der Waals surface area contributed by atoms with Crippen molar-refractivity contribution >= 4 is 33.7 Å². The van der Waals surface area contributed by atoms with Crippen LogP contribution in [0.5, 0.6) is 0 Å². The Hall–Kier alpha value is -1.92. The number of aryl methyl sites for hydroxylation is 2. The van der Waals surface area contributed by atoms with Crippen molar-refractivity contribution in [2.24, 2.45) is 0 Å². The topological polar surface area (TPSA) is 46.9 Å². The Morgan fingerprint density at radius 3 is 2.86 bits per heavy atom. The van der Waals surface area contributed by atoms with Gasteiger partial charge in [-0.2, -0.15) is 0 Å². The van der Waals surface area contributed by atoms with Gasteiger partial charge in [0.1, 0.15) is 4.88 Å². The van der Waals surface area contributed by atoms with Gasteiger partial charge in [0.05, 0.1) is 11.4 Å². The Bertz CT molecular complexity index is 778. The molecule has 22 heavy (non-hydrogen) atoms. The number of hydrogen-bond acceptors (Lipinski definition) is 4. The molecule has 4 rings (SSSR count). The van der Waals surface area contributed by atoms with Crippen LogP contribution >= 0.6 is 22.7 Å². The molecule has 0 radical (unpaired) electrons. The minimum absolute atomic E-state index is 0.0789. The predicted molar refractivity (Wildman–Crippen MR) is 90.4 cm³/mol. The van der Waals surface area contributed by atoms with Gasteiger partial charge in [-0.1, -0.05) is 0 Å². The first-order valence-corrected chi connectivity index (χ1v) is 9.01. The summed E-state index contributed by atoms with van der Waals surface area (Å²) in [5, 5.41) is 5.64. The molecule has 6 heteroatoms. The van der Waals surface area contributed by atoms with Gasteiger partial charge in [0.2, 0.25) is 0 Å². The third-order valence-corrected chi connectivity index (χ3v) is 5.77. The van der Waals surface area contributed by atoms with Crippen molar-refractivity contribution in [1.82, 2.24) is 9.55 Å². The van der Waals surface area contributed by atoms with Gasteiger partial charge in [-0.15, -0.1) is 22.7 Å². The lowest BCUT2D eigenvalue weighted by Crippen LogP contribution is -2.12. The maximum atomic E-state index is 12.6. The summed E-state index contributed by atoms with van der Waals surface area (Å²) in [6.45, 7) is 0. The first-order chi connectivity index (χ1) is 10.8. The minimum Gasteiger partial charge on any atom is -0.322 e. The highest BCUT2D eigenvalue weighted by Crippen LogP contribution is 2.30. The van der Waals surface area contributed by atoms with Gasteiger partial charge < -0.3 is 4.57 Å². The second-order valence-electron chi connectivity index (χ2n) is 5.28. The van der Waals surface area contributed by atoms with Crippen molar-refractivity contribution in [3.8, 4) is 5.69 Å². The van der Waals surface area contributed by atoms with Crippen LogP contribution < -0.4 is 5.32 Å². The van der Waals surface area contributed by atoms with E-state index in [9.17, 15) is 4.79 Å². The molecule has 0 aromatic carbocycles. The molecule has 0 saturated heterocycles. The molecule has 0 spiro atoms. The van der Waals surface area contributed by atoms with Crippen molar-refractivity contribution in [2.45, 2.75) is 25.7 Å². The van der Waals surface area contributed by atoms with E-state index in [-0.39, 0.29) is 5.91 Å². The van der Waals surface area contributed by atoms with Crippen LogP contribution in [0.15, 0.2) is 36.0 Å². The Morgan fingerprint density at radius 1 is 1.23 bits per heavy atom. The van der Waals surface area contributed by atoms with Gasteiger partial charge in [0.15, 0.2) is 5.13 Å². The number of fused-ring (bicyclic) bond motifs is 1. The molecule has 1 N–H and O–H groups in total. The number of amides is 1. The van der Waals surface area contributed by atoms with E-state index in [2.05, 4.69) is 10.3 Å². The minimum atomic E-state index is -0.0789. The molecule has 3 aromatic rings. The van der Waals surface area contributed by atoms with E-state index in [1.165, 1.54) is 34.7 Å². The second kappa shape index (κ2) is 5.70. The second-order valence-corrected chi connectivity index (χ2v) is 7.28. The number of carbonyl (C=O) groups is 1. The summed E-state index contributed by atoms with van der Waals surface area (Å²) in [6.07, 6.45) is 8.45. The average molecular weight is 329 g/mol. The highest BCUT2D eigenvalue weighted by atomic mass is 32.1. The van der Waals surface area contributed by atoms with Crippen molar-refractivity contribution in [3.05, 3.63) is 51.4 Å². The number of rotatable bonds is 3. The number of thiophene rings is 1. The lowest BCUT2D eigenvalue weighted by atomic mass is 10.0. The van der Waals surface area contributed by atoms with Crippen LogP contribution in [0.1, 0.15) is 33.1 Å². The number of aromatic nitrogens is 2. The Kier molecular flexibility index (Phi) is 3.56. The molecule has 4 nitrogen and oxygen atoms in total. The smallest absolute Gasteiger partial charge is 0.269 e. The van der Waals surface area contributed by atoms with Crippen molar-refractivity contribution in [1.29, 1.82) is 0 Å². The van der Waals surface area contributed by atoms with E-state index >= 15 is 0 Å². The summed E-state index contributed by atoms with van der Waals surface area (Å²) in [5.41, 5.74) is 2.08. The lowest BCUT2D eigenvalue weighted by molar-refractivity contribution is 0.103. The fourth-order valence-electron chi connectivity index (χ4n) is 2.73. The summed E-state index contributed by atoms with van der Waals surface area (Å²) in [6, 6.07) is 5.87. The zero-order valence-corrected chi connectivity index (χ0v) is 13.5. The number of carbonyl (C=O) groups excluding carboxylic acids is 1. The van der Waals surface area contributed by atoms with Gasteiger partial charge in [-0.3, -0.25) is 10.1 Å². The van der Waals surface area contributed by atoms with Gasteiger partial charge in [0, 0.05) is 17.3 Å². The van der Waals surface area contributed by atoms with Crippen LogP contribution in [-0.4, -0.2) is 15.5 Å². The summed E-state index contributed by atoms with van der Waals surface area (Å²) in [5.74, 6) is -0.0789. The molecular weight excluding hydrogens is 314 g/mol. The van der Waals surface area contributed by atoms with Gasteiger partial charge in [-0.25, -0.2) is 4.98 Å². The number of hydrogen-bond donors (Lipinski definition) is 1. The monoisotopic (exact) mass is 329 g/mol. The van der Waals surface area contributed by atoms with Gasteiger partial charge in [0.25, 0.3) is 5.91 Å². The molecular formula is C16H15N3OS2. The van der Waals surface area contributed by atoms with E-state index < -0.39 is 0 Å². The third kappa shape index (κ3) is 2.48. The molecule has 0 fully saturated rings. The molecule has 0 aliphatic heterocycles. The lowest BCUT2D eigenvalue weighted by Gasteiger charge is -2.06. The van der Waals surface area contributed by atoms with Crippen LogP contribution in [0.2, 0.25) is 0 Å². The predicted octanol–water partition coefficient (Wildman–Crippen LogP) is 4.13. The Labute approximate surface area is 136 Å². The highest BCUT2D eigenvalue weighted by Gasteiger charge is 2.19. The first-order valence-electron chi connectivity index (χ1n) is 7.32. The SMILES string of the molecule is O=C(Nc1nc2c(s1)CCCC2)c1sccc1-n1cccc1. The summed E-state index contributed by atoms with van der Waals surface area (Å²) in [7, 11) is 0. The maximum absolute atomic E-state index is 12.6. The van der Waals surface area contributed by atoms with Gasteiger partial charge >= 0.3 is 0 Å². The third-order valence-electron chi connectivity index (χ3n) is 3.80. The van der Waals surface area contributed by atoms with Crippen LogP contribution in [-0.2, 0) is 12.8 Å². The van der Waals surface area contributed by atoms with Crippen LogP contribution in [0.3, 0.4) is 0 Å². The van der Waals surface area contributed by atoms with Crippen molar-refractivity contribution in [3.63, 3.8) is 0 Å². The molecule has 0 bridgehead atoms. The first kappa shape index (κ1) is 13.7. The number of nitrogens with one attached hydrogen (secondary N) is 1. The molecule has 0 saturated carbocycles. The molecule has 3 aromatic heterocycles. The summed E-state index contributed by atoms with van der Waals surface area (Å²) >= 11 is 3.07. The molecule has 3 heterocycles. The Morgan fingerprint density at radius 2 is 2.05 bits per heavy atom. The van der Waals surface area contributed by atoms with E-state index in [1.54, 1.807) is 11.3 Å². The summed E-state index contributed by atoms with van der Waals surface area (Å²) < 4.78 is 1.96. The van der Waals surface area contributed by atoms with Crippen LogP contribution in [0, 0.1) is 0 Å². The van der Waals surface area contributed by atoms with Crippen molar-refractivity contribution in [2.75, 3.05) is 5.32 Å². The number of anilines is 1. The van der Waals surface area contributed by atoms with Crippen LogP contribution in [0.25, 0.3) is 5.69 Å². The molecule has 0 unspecified atom stereocenters. The molecule has 112 valence electrons. The highest BCUT2D eigenvalue weighted by molar-refractivity contribution is 7.16. The van der Waals surface area contributed by atoms with Gasteiger partial charge in [-0.05, 0) is 49.3 Å². The maximum Gasteiger partial charge on any atom is 0.269 e. The van der Waals surface area contributed by atoms with E-state index in [4.69, 9.17) is 0 Å². The zero-order chi connectivity index (χ0) is 14.9. The molecule has 1 aliphatic carbocycles. The quantitative estimate of drug-likeness (QED) is 0.785. The average Bonchev–Trinajstić information content (AvgIpc) is 3.25. The standard InChI is InChI=1S/C16H15N3OS2/c20-15(14-12(7-10-21-14)19-8-3-4-9-19)18-16-17-11-5-1-2-6-13(11)22-16/h3-4,7-10H,1-2,5-6H2,(H,17,18,20). The van der Waals surface area contributed by atoms with Crippen molar-refractivity contribution < 1.29 is 4.79 Å². The largest absolute Gasteiger partial charge is 0.322 e. The molecule has 1 aliphatic rings. The Balaban J connectivity index is 1.58. The summed E-state index contributed by atoms with van der Waals surface area (Å²) in [4.78, 5) is 19.2. The normalized spacial score (nSPS) is 13.8. The van der Waals surface area contributed by atoms with E-state index in [0.717, 1.165) is 23.7 Å². The van der Waals surface area contributed by atoms with Crippen LogP contribution in [0.4, 0.5) is 5.13 Å². The molecule has 1 amide bonds.